The Morgan fingerprint density at radius 3 is 2.45 bits per heavy atom. The van der Waals surface area contributed by atoms with Crippen LogP contribution in [0.2, 0.25) is 0 Å². The van der Waals surface area contributed by atoms with Crippen LogP contribution in [0.25, 0.3) is 22.0 Å². The van der Waals surface area contributed by atoms with Crippen molar-refractivity contribution in [1.29, 1.82) is 0 Å². The maximum atomic E-state index is 11.5. The summed E-state index contributed by atoms with van der Waals surface area (Å²) in [6.07, 6.45) is 0. The van der Waals surface area contributed by atoms with Crippen LogP contribution in [0, 0.1) is 6.92 Å². The minimum atomic E-state index is -0.969. The monoisotopic (exact) mass is 295 g/mol. The van der Waals surface area contributed by atoms with Gasteiger partial charge < -0.3 is 14.8 Å². The lowest BCUT2D eigenvalue weighted by molar-refractivity contribution is 0.0683. The number of rotatable bonds is 4. The molecule has 4 nitrogen and oxygen atoms in total. The Bertz CT molecular complexity index is 834. The average molecular weight is 295 g/mol. The van der Waals surface area contributed by atoms with Gasteiger partial charge in [-0.25, -0.2) is 4.79 Å². The fourth-order valence-corrected chi connectivity index (χ4v) is 2.94. The normalized spacial score (nSPS) is 11.0. The number of fused-ring (bicyclic) bond motifs is 1. The van der Waals surface area contributed by atoms with E-state index in [2.05, 4.69) is 0 Å². The number of aliphatic hydroxyl groups excluding tert-OH is 1. The van der Waals surface area contributed by atoms with Crippen LogP contribution in [0.5, 0.6) is 0 Å². The molecule has 22 heavy (non-hydrogen) atoms. The number of aromatic carboxylic acids is 1. The molecule has 112 valence electrons. The summed E-state index contributed by atoms with van der Waals surface area (Å²) in [7, 11) is 0. The first-order chi connectivity index (χ1) is 10.6. The Balaban J connectivity index is 2.25. The summed E-state index contributed by atoms with van der Waals surface area (Å²) < 4.78 is 1.67. The van der Waals surface area contributed by atoms with Gasteiger partial charge in [0.15, 0.2) is 0 Å². The largest absolute Gasteiger partial charge is 0.477 e. The molecule has 0 aliphatic rings. The Labute approximate surface area is 128 Å². The van der Waals surface area contributed by atoms with Crippen molar-refractivity contribution < 1.29 is 15.0 Å². The molecule has 0 radical (unpaired) electrons. The van der Waals surface area contributed by atoms with Crippen LogP contribution in [-0.4, -0.2) is 27.4 Å². The quantitative estimate of drug-likeness (QED) is 0.776. The van der Waals surface area contributed by atoms with Gasteiger partial charge in [-0.3, -0.25) is 0 Å². The summed E-state index contributed by atoms with van der Waals surface area (Å²) in [6.45, 7) is 2.00. The molecule has 0 unspecified atom stereocenters. The van der Waals surface area contributed by atoms with Crippen LogP contribution < -0.4 is 0 Å². The van der Waals surface area contributed by atoms with Crippen LogP contribution in [-0.2, 0) is 6.54 Å². The van der Waals surface area contributed by atoms with E-state index >= 15 is 0 Å². The van der Waals surface area contributed by atoms with Crippen molar-refractivity contribution in [1.82, 2.24) is 4.57 Å². The first-order valence-corrected chi connectivity index (χ1v) is 7.16. The van der Waals surface area contributed by atoms with Gasteiger partial charge in [-0.2, -0.15) is 0 Å². The van der Waals surface area contributed by atoms with Crippen LogP contribution in [0.3, 0.4) is 0 Å². The Morgan fingerprint density at radius 2 is 1.82 bits per heavy atom. The van der Waals surface area contributed by atoms with Crippen molar-refractivity contribution in [3.63, 3.8) is 0 Å². The highest BCUT2D eigenvalue weighted by Crippen LogP contribution is 2.30. The highest BCUT2D eigenvalue weighted by molar-refractivity contribution is 5.99. The molecule has 1 aromatic heterocycles. The van der Waals surface area contributed by atoms with Gasteiger partial charge in [-0.15, -0.1) is 0 Å². The summed E-state index contributed by atoms with van der Waals surface area (Å²) in [5, 5.41) is 19.6. The molecular formula is C18H17NO3. The van der Waals surface area contributed by atoms with E-state index in [1.165, 1.54) is 0 Å². The number of aryl methyl sites for hydroxylation is 1. The van der Waals surface area contributed by atoms with E-state index in [1.807, 2.05) is 55.5 Å². The van der Waals surface area contributed by atoms with E-state index in [0.29, 0.717) is 0 Å². The highest BCUT2D eigenvalue weighted by Gasteiger charge is 2.19. The van der Waals surface area contributed by atoms with Crippen LogP contribution in [0.1, 0.15) is 16.1 Å². The lowest BCUT2D eigenvalue weighted by atomic mass is 10.0. The number of hydrogen-bond donors (Lipinski definition) is 2. The van der Waals surface area contributed by atoms with Crippen molar-refractivity contribution in [2.75, 3.05) is 6.61 Å². The van der Waals surface area contributed by atoms with Gasteiger partial charge in [0.2, 0.25) is 0 Å². The van der Waals surface area contributed by atoms with Gasteiger partial charge in [-0.1, -0.05) is 36.4 Å². The van der Waals surface area contributed by atoms with Gasteiger partial charge in [-0.05, 0) is 35.7 Å². The zero-order chi connectivity index (χ0) is 15.7. The third-order valence-electron chi connectivity index (χ3n) is 3.95. The second-order valence-electron chi connectivity index (χ2n) is 5.25. The Morgan fingerprint density at radius 1 is 1.09 bits per heavy atom. The third kappa shape index (κ3) is 2.27. The fraction of sp³-hybridized carbons (Fsp3) is 0.167. The molecule has 0 saturated carbocycles. The van der Waals surface area contributed by atoms with Crippen LogP contribution in [0.4, 0.5) is 0 Å². The third-order valence-corrected chi connectivity index (χ3v) is 3.95. The van der Waals surface area contributed by atoms with Gasteiger partial charge in [0.1, 0.15) is 5.69 Å². The molecule has 2 aromatic carbocycles. The molecule has 3 rings (SSSR count). The number of carboxylic acid groups (broad SMARTS) is 1. The molecular weight excluding hydrogens is 278 g/mol. The number of hydrogen-bond acceptors (Lipinski definition) is 2. The smallest absolute Gasteiger partial charge is 0.352 e. The maximum Gasteiger partial charge on any atom is 0.352 e. The standard InChI is InChI=1S/C18H17NO3/c1-12-15-11-14(13-5-3-2-4-6-13)7-8-16(15)19(9-10-20)17(12)18(21)22/h2-8,11,20H,9-10H2,1H3,(H,21,22). The van der Waals surface area contributed by atoms with E-state index in [9.17, 15) is 15.0 Å². The molecule has 1 heterocycles. The molecule has 0 spiro atoms. The first kappa shape index (κ1) is 14.4. The number of aromatic nitrogens is 1. The number of benzene rings is 2. The number of carbonyl (C=O) groups is 1. The molecule has 2 N–H and O–H groups in total. The average Bonchev–Trinajstić information content (AvgIpc) is 2.81. The van der Waals surface area contributed by atoms with Crippen molar-refractivity contribution in [2.24, 2.45) is 0 Å². The molecule has 0 aliphatic carbocycles. The lowest BCUT2D eigenvalue weighted by Gasteiger charge is -2.07. The van der Waals surface area contributed by atoms with Gasteiger partial charge in [0.05, 0.1) is 6.61 Å². The van der Waals surface area contributed by atoms with E-state index in [-0.39, 0.29) is 18.8 Å². The SMILES string of the molecule is Cc1c(C(=O)O)n(CCO)c2ccc(-c3ccccc3)cc12. The Kier molecular flexibility index (Phi) is 3.69. The molecule has 0 saturated heterocycles. The molecule has 0 fully saturated rings. The zero-order valence-corrected chi connectivity index (χ0v) is 12.3. The second-order valence-corrected chi connectivity index (χ2v) is 5.25. The summed E-state index contributed by atoms with van der Waals surface area (Å²) in [4.78, 5) is 11.5. The van der Waals surface area contributed by atoms with Crippen LogP contribution in [0.15, 0.2) is 48.5 Å². The predicted molar refractivity (Wildman–Crippen MR) is 86.2 cm³/mol. The van der Waals surface area contributed by atoms with Crippen molar-refractivity contribution >= 4 is 16.9 Å². The fourth-order valence-electron chi connectivity index (χ4n) is 2.94. The molecule has 0 amide bonds. The summed E-state index contributed by atoms with van der Waals surface area (Å²) in [6, 6.07) is 15.9. The number of nitrogens with zero attached hydrogens (tertiary/aromatic N) is 1. The lowest BCUT2D eigenvalue weighted by Crippen LogP contribution is -2.11. The molecule has 3 aromatic rings. The number of carboxylic acids is 1. The molecule has 0 aliphatic heterocycles. The van der Waals surface area contributed by atoms with Gasteiger partial charge in [0.25, 0.3) is 0 Å². The van der Waals surface area contributed by atoms with Crippen LogP contribution >= 0.6 is 0 Å². The van der Waals surface area contributed by atoms with E-state index in [0.717, 1.165) is 27.6 Å². The molecule has 0 atom stereocenters. The molecule has 4 heteroatoms. The molecule has 0 bridgehead atoms. The summed E-state index contributed by atoms with van der Waals surface area (Å²) in [5.74, 6) is -0.969. The van der Waals surface area contributed by atoms with E-state index in [4.69, 9.17) is 0 Å². The predicted octanol–water partition coefficient (Wildman–Crippen LogP) is 3.31. The Hall–Kier alpha value is -2.59. The highest BCUT2D eigenvalue weighted by atomic mass is 16.4. The summed E-state index contributed by atoms with van der Waals surface area (Å²) >= 11 is 0. The second kappa shape index (κ2) is 5.66. The first-order valence-electron chi connectivity index (χ1n) is 7.16. The topological polar surface area (TPSA) is 62.5 Å². The minimum absolute atomic E-state index is 0.0933. The van der Waals surface area contributed by atoms with Crippen molar-refractivity contribution in [2.45, 2.75) is 13.5 Å². The van der Waals surface area contributed by atoms with E-state index < -0.39 is 5.97 Å². The minimum Gasteiger partial charge on any atom is -0.477 e. The number of aliphatic hydroxyl groups is 1. The summed E-state index contributed by atoms with van der Waals surface area (Å²) in [5.41, 5.74) is 3.96. The van der Waals surface area contributed by atoms with Gasteiger partial charge in [0, 0.05) is 17.4 Å². The van der Waals surface area contributed by atoms with E-state index in [1.54, 1.807) is 4.57 Å². The van der Waals surface area contributed by atoms with Crippen molar-refractivity contribution in [3.05, 3.63) is 59.8 Å². The van der Waals surface area contributed by atoms with Crippen molar-refractivity contribution in [3.8, 4) is 11.1 Å². The maximum absolute atomic E-state index is 11.5. The zero-order valence-electron chi connectivity index (χ0n) is 12.3. The van der Waals surface area contributed by atoms with Gasteiger partial charge >= 0.3 is 5.97 Å².